The van der Waals surface area contributed by atoms with E-state index >= 15 is 0 Å². The monoisotopic (exact) mass is 563 g/mol. The summed E-state index contributed by atoms with van der Waals surface area (Å²) in [6.45, 7) is 9.99. The maximum absolute atomic E-state index is 14.1. The minimum atomic E-state index is -3.80. The zero-order chi connectivity index (χ0) is 29.4. The molecule has 214 valence electrons. The van der Waals surface area contributed by atoms with Crippen LogP contribution in [0.5, 0.6) is 0 Å². The highest BCUT2D eigenvalue weighted by atomic mass is 32.2. The summed E-state index contributed by atoms with van der Waals surface area (Å²) in [5.74, 6) is -0.492. The zero-order valence-corrected chi connectivity index (χ0v) is 25.2. The topological polar surface area (TPSA) is 86.8 Å². The van der Waals surface area contributed by atoms with E-state index in [4.69, 9.17) is 0 Å². The predicted octanol–water partition coefficient (Wildman–Crippen LogP) is 4.79. The van der Waals surface area contributed by atoms with E-state index in [1.165, 1.54) is 4.90 Å². The van der Waals surface area contributed by atoms with Crippen LogP contribution in [-0.4, -0.2) is 50.5 Å². The predicted molar refractivity (Wildman–Crippen MR) is 162 cm³/mol. The van der Waals surface area contributed by atoms with Gasteiger partial charge < -0.3 is 10.2 Å². The van der Waals surface area contributed by atoms with Crippen molar-refractivity contribution in [3.63, 3.8) is 0 Å². The molecule has 8 heteroatoms. The fourth-order valence-corrected chi connectivity index (χ4v) is 5.41. The molecule has 0 aliphatic carbocycles. The number of benzene rings is 3. The summed E-state index contributed by atoms with van der Waals surface area (Å²) in [6, 6.07) is 21.9. The van der Waals surface area contributed by atoms with Gasteiger partial charge in [-0.15, -0.1) is 0 Å². The summed E-state index contributed by atoms with van der Waals surface area (Å²) in [5.41, 5.74) is 5.04. The van der Waals surface area contributed by atoms with Crippen LogP contribution in [0.3, 0.4) is 0 Å². The third-order valence-electron chi connectivity index (χ3n) is 6.60. The lowest BCUT2D eigenvalue weighted by Gasteiger charge is -2.33. The van der Waals surface area contributed by atoms with Crippen LogP contribution in [0.1, 0.15) is 41.7 Å². The van der Waals surface area contributed by atoms with Gasteiger partial charge in [0.1, 0.15) is 12.6 Å². The van der Waals surface area contributed by atoms with E-state index in [-0.39, 0.29) is 18.4 Å². The second kappa shape index (κ2) is 13.6. The van der Waals surface area contributed by atoms with E-state index in [2.05, 4.69) is 5.32 Å². The number of nitrogens with zero attached hydrogens (tertiary/aromatic N) is 2. The van der Waals surface area contributed by atoms with Crippen molar-refractivity contribution < 1.29 is 18.0 Å². The van der Waals surface area contributed by atoms with Gasteiger partial charge in [-0.25, -0.2) is 8.42 Å². The molecule has 0 aromatic heterocycles. The van der Waals surface area contributed by atoms with Gasteiger partial charge in [-0.1, -0.05) is 80.1 Å². The van der Waals surface area contributed by atoms with Crippen molar-refractivity contribution in [1.82, 2.24) is 10.2 Å². The van der Waals surface area contributed by atoms with Gasteiger partial charge in [0.25, 0.3) is 0 Å². The van der Waals surface area contributed by atoms with Gasteiger partial charge in [0.15, 0.2) is 0 Å². The molecule has 0 bridgehead atoms. The smallest absolute Gasteiger partial charge is 0.244 e. The molecule has 1 N–H and O–H groups in total. The van der Waals surface area contributed by atoms with Crippen LogP contribution in [0.15, 0.2) is 72.8 Å². The summed E-state index contributed by atoms with van der Waals surface area (Å²) in [7, 11) is -3.80. The Bertz CT molecular complexity index is 1380. The van der Waals surface area contributed by atoms with Crippen LogP contribution in [0, 0.1) is 26.7 Å². The highest BCUT2D eigenvalue weighted by Crippen LogP contribution is 2.23. The number of carbonyl (C=O) groups excluding carboxylic acids is 2. The van der Waals surface area contributed by atoms with Crippen LogP contribution >= 0.6 is 0 Å². The molecular weight excluding hydrogens is 522 g/mol. The van der Waals surface area contributed by atoms with E-state index in [9.17, 15) is 18.0 Å². The van der Waals surface area contributed by atoms with Crippen LogP contribution in [0.2, 0.25) is 0 Å². The molecule has 0 unspecified atom stereocenters. The lowest BCUT2D eigenvalue weighted by molar-refractivity contribution is -0.140. The standard InChI is InChI=1S/C32H41N3O4S/c1-23(2)20-33-32(37)30(19-27-10-8-7-9-11-27)34(21-28-14-12-24(3)13-15-28)31(36)22-35(40(6,38)39)29-17-25(4)16-26(5)18-29/h7-18,23,30H,19-22H2,1-6H3,(H,33,37)/t30-/m1/s1. The molecule has 40 heavy (non-hydrogen) atoms. The molecule has 3 aromatic carbocycles. The number of carbonyl (C=O) groups is 2. The van der Waals surface area contributed by atoms with Crippen molar-refractivity contribution in [3.8, 4) is 0 Å². The maximum Gasteiger partial charge on any atom is 0.244 e. The van der Waals surface area contributed by atoms with Crippen LogP contribution in [0.25, 0.3) is 0 Å². The summed E-state index contributed by atoms with van der Waals surface area (Å²) < 4.78 is 27.0. The van der Waals surface area contributed by atoms with Crippen LogP contribution in [-0.2, 0) is 32.6 Å². The summed E-state index contributed by atoms with van der Waals surface area (Å²) in [5, 5.41) is 3.00. The second-order valence-corrected chi connectivity index (χ2v) is 12.9. The number of aryl methyl sites for hydroxylation is 3. The Balaban J connectivity index is 2.06. The normalized spacial score (nSPS) is 12.2. The largest absolute Gasteiger partial charge is 0.354 e. The van der Waals surface area contributed by atoms with E-state index in [1.54, 1.807) is 12.1 Å². The van der Waals surface area contributed by atoms with Crippen molar-refractivity contribution in [2.75, 3.05) is 23.7 Å². The average molecular weight is 564 g/mol. The number of rotatable bonds is 12. The highest BCUT2D eigenvalue weighted by Gasteiger charge is 2.33. The Hall–Kier alpha value is -3.65. The Labute approximate surface area is 239 Å². The fourth-order valence-electron chi connectivity index (χ4n) is 4.58. The molecule has 0 aliphatic heterocycles. The number of hydrogen-bond donors (Lipinski definition) is 1. The SMILES string of the molecule is Cc1ccc(CN(C(=O)CN(c2cc(C)cc(C)c2)S(C)(=O)=O)[C@H](Cc2ccccc2)C(=O)NCC(C)C)cc1. The summed E-state index contributed by atoms with van der Waals surface area (Å²) in [6.07, 6.45) is 1.39. The Morgan fingerprint density at radius 1 is 0.825 bits per heavy atom. The van der Waals surface area contributed by atoms with Gasteiger partial charge in [0.2, 0.25) is 21.8 Å². The molecule has 1 atom stereocenters. The first-order chi connectivity index (χ1) is 18.8. The number of sulfonamides is 1. The minimum absolute atomic E-state index is 0.163. The summed E-state index contributed by atoms with van der Waals surface area (Å²) in [4.78, 5) is 29.3. The molecule has 0 heterocycles. The molecular formula is C32H41N3O4S. The van der Waals surface area contributed by atoms with E-state index in [0.717, 1.165) is 38.4 Å². The first kappa shape index (κ1) is 30.9. The molecule has 0 spiro atoms. The first-order valence-corrected chi connectivity index (χ1v) is 15.4. The second-order valence-electron chi connectivity index (χ2n) is 11.0. The van der Waals surface area contributed by atoms with E-state index < -0.39 is 28.5 Å². The fraction of sp³-hybridized carbons (Fsp3) is 0.375. The highest BCUT2D eigenvalue weighted by molar-refractivity contribution is 7.92. The van der Waals surface area contributed by atoms with Crippen molar-refractivity contribution in [2.45, 2.75) is 53.6 Å². The quantitative estimate of drug-likeness (QED) is 0.343. The molecule has 3 rings (SSSR count). The van der Waals surface area contributed by atoms with Gasteiger partial charge in [-0.2, -0.15) is 0 Å². The molecule has 0 saturated carbocycles. The van der Waals surface area contributed by atoms with Crippen molar-refractivity contribution in [3.05, 3.63) is 101 Å². The van der Waals surface area contributed by atoms with Crippen molar-refractivity contribution in [2.24, 2.45) is 5.92 Å². The summed E-state index contributed by atoms with van der Waals surface area (Å²) >= 11 is 0. The molecule has 0 saturated heterocycles. The van der Waals surface area contributed by atoms with Crippen molar-refractivity contribution >= 4 is 27.5 Å². The lowest BCUT2D eigenvalue weighted by Crippen LogP contribution is -2.53. The minimum Gasteiger partial charge on any atom is -0.354 e. The molecule has 2 amide bonds. The molecule has 0 radical (unpaired) electrons. The first-order valence-electron chi connectivity index (χ1n) is 13.6. The van der Waals surface area contributed by atoms with E-state index in [0.29, 0.717) is 18.7 Å². The third kappa shape index (κ3) is 8.95. The lowest BCUT2D eigenvalue weighted by atomic mass is 10.0. The zero-order valence-electron chi connectivity index (χ0n) is 24.3. The van der Waals surface area contributed by atoms with Crippen molar-refractivity contribution in [1.29, 1.82) is 0 Å². The number of amides is 2. The van der Waals surface area contributed by atoms with Gasteiger partial charge >= 0.3 is 0 Å². The molecule has 3 aromatic rings. The van der Waals surface area contributed by atoms with Gasteiger partial charge in [0, 0.05) is 19.5 Å². The van der Waals surface area contributed by atoms with Gasteiger partial charge in [-0.05, 0) is 61.1 Å². The molecule has 0 aliphatic rings. The Kier molecular flexibility index (Phi) is 10.5. The number of nitrogens with one attached hydrogen (secondary N) is 1. The maximum atomic E-state index is 14.1. The average Bonchev–Trinajstić information content (AvgIpc) is 2.88. The third-order valence-corrected chi connectivity index (χ3v) is 7.74. The number of hydrogen-bond acceptors (Lipinski definition) is 4. The molecule has 7 nitrogen and oxygen atoms in total. The Morgan fingerprint density at radius 2 is 1.43 bits per heavy atom. The van der Waals surface area contributed by atoms with Gasteiger partial charge in [0.05, 0.1) is 11.9 Å². The molecule has 0 fully saturated rings. The van der Waals surface area contributed by atoms with Crippen LogP contribution < -0.4 is 9.62 Å². The number of anilines is 1. The van der Waals surface area contributed by atoms with Crippen LogP contribution in [0.4, 0.5) is 5.69 Å². The van der Waals surface area contributed by atoms with E-state index in [1.807, 2.05) is 95.3 Å². The Morgan fingerprint density at radius 3 is 1.98 bits per heavy atom. The van der Waals surface area contributed by atoms with Gasteiger partial charge in [-0.3, -0.25) is 13.9 Å².